The monoisotopic (exact) mass is 348 g/mol. The molecule has 0 radical (unpaired) electrons. The topological polar surface area (TPSA) is 62.9 Å². The molecule has 0 aliphatic rings. The van der Waals surface area contributed by atoms with Crippen molar-refractivity contribution in [1.29, 1.82) is 5.26 Å². The fourth-order valence-electron chi connectivity index (χ4n) is 2.19. The van der Waals surface area contributed by atoms with Crippen molar-refractivity contribution in [3.8, 4) is 11.8 Å². The van der Waals surface area contributed by atoms with Crippen LogP contribution in [0.4, 0.5) is 5.69 Å². The number of nitrogens with zero attached hydrogens (tertiary/aromatic N) is 3. The van der Waals surface area contributed by atoms with E-state index in [1.807, 2.05) is 24.6 Å². The first-order valence-electron chi connectivity index (χ1n) is 6.65. The minimum Gasteiger partial charge on any atom is -0.495 e. The Balaban J connectivity index is 2.31. The second-order valence-electron chi connectivity index (χ2n) is 4.51. The van der Waals surface area contributed by atoms with E-state index in [4.69, 9.17) is 4.74 Å². The van der Waals surface area contributed by atoms with E-state index in [2.05, 4.69) is 32.4 Å². The molecule has 0 unspecified atom stereocenters. The lowest BCUT2D eigenvalue weighted by Gasteiger charge is -2.13. The standard InChI is InChI=1S/C15H17BrN4O/c1-4-20-12(14(16)10(2)19-20)9-18-15-11(8-17)6-5-7-13(15)21-3/h5-7,18H,4,9H2,1-3H3. The summed E-state index contributed by atoms with van der Waals surface area (Å²) in [5.74, 6) is 0.657. The summed E-state index contributed by atoms with van der Waals surface area (Å²) in [5.41, 5.74) is 3.26. The minimum absolute atomic E-state index is 0.560. The SMILES string of the molecule is CCn1nc(C)c(Br)c1CNc1c(C#N)cccc1OC. The number of benzene rings is 1. The number of ether oxygens (including phenoxy) is 1. The van der Waals surface area contributed by atoms with Crippen LogP contribution in [0.15, 0.2) is 22.7 Å². The molecule has 0 atom stereocenters. The van der Waals surface area contributed by atoms with E-state index in [9.17, 15) is 5.26 Å². The van der Waals surface area contributed by atoms with Crippen LogP contribution in [0.25, 0.3) is 0 Å². The van der Waals surface area contributed by atoms with E-state index >= 15 is 0 Å². The van der Waals surface area contributed by atoms with Gasteiger partial charge in [0, 0.05) is 6.54 Å². The zero-order chi connectivity index (χ0) is 15.4. The van der Waals surface area contributed by atoms with Crippen molar-refractivity contribution in [3.05, 3.63) is 39.6 Å². The predicted molar refractivity (Wildman–Crippen MR) is 85.4 cm³/mol. The molecule has 21 heavy (non-hydrogen) atoms. The molecular formula is C15H17BrN4O. The van der Waals surface area contributed by atoms with Gasteiger partial charge in [0.25, 0.3) is 0 Å². The zero-order valence-electron chi connectivity index (χ0n) is 12.3. The summed E-state index contributed by atoms with van der Waals surface area (Å²) in [5, 5.41) is 17.0. The number of halogens is 1. The Morgan fingerprint density at radius 1 is 1.48 bits per heavy atom. The molecule has 0 spiro atoms. The van der Waals surface area contributed by atoms with Gasteiger partial charge >= 0.3 is 0 Å². The summed E-state index contributed by atoms with van der Waals surface area (Å²) < 4.78 is 8.25. The number of nitriles is 1. The van der Waals surface area contributed by atoms with Crippen LogP contribution in [0, 0.1) is 18.3 Å². The van der Waals surface area contributed by atoms with E-state index in [1.165, 1.54) is 0 Å². The van der Waals surface area contributed by atoms with Gasteiger partial charge in [0.2, 0.25) is 0 Å². The number of aryl methyl sites for hydroxylation is 2. The van der Waals surface area contributed by atoms with Crippen LogP contribution in [0.2, 0.25) is 0 Å². The van der Waals surface area contributed by atoms with Crippen LogP contribution in [0.1, 0.15) is 23.9 Å². The number of methoxy groups -OCH3 is 1. The summed E-state index contributed by atoms with van der Waals surface area (Å²) in [4.78, 5) is 0. The number of hydrogen-bond donors (Lipinski definition) is 1. The van der Waals surface area contributed by atoms with Crippen molar-refractivity contribution < 1.29 is 4.74 Å². The second kappa shape index (κ2) is 6.64. The van der Waals surface area contributed by atoms with Crippen molar-refractivity contribution in [1.82, 2.24) is 9.78 Å². The third-order valence-electron chi connectivity index (χ3n) is 3.25. The molecule has 1 aromatic carbocycles. The Hall–Kier alpha value is -2.00. The third kappa shape index (κ3) is 3.03. The predicted octanol–water partition coefficient (Wildman–Crippen LogP) is 3.47. The Kier molecular flexibility index (Phi) is 4.86. The Labute approximate surface area is 132 Å². The molecule has 0 bridgehead atoms. The van der Waals surface area contributed by atoms with E-state index < -0.39 is 0 Å². The molecule has 0 fully saturated rings. The molecule has 5 nitrogen and oxygen atoms in total. The van der Waals surface area contributed by atoms with Crippen molar-refractivity contribution in [2.24, 2.45) is 0 Å². The summed E-state index contributed by atoms with van der Waals surface area (Å²) in [6, 6.07) is 7.58. The van der Waals surface area contributed by atoms with Gasteiger partial charge in [-0.15, -0.1) is 0 Å². The first-order chi connectivity index (χ1) is 10.1. The van der Waals surface area contributed by atoms with Crippen molar-refractivity contribution in [2.45, 2.75) is 26.9 Å². The Bertz CT molecular complexity index is 688. The smallest absolute Gasteiger partial charge is 0.143 e. The highest BCUT2D eigenvalue weighted by molar-refractivity contribution is 9.10. The summed E-state index contributed by atoms with van der Waals surface area (Å²) in [6.45, 7) is 5.36. The first kappa shape index (κ1) is 15.4. The zero-order valence-corrected chi connectivity index (χ0v) is 13.9. The van der Waals surface area contributed by atoms with Crippen LogP contribution in [-0.2, 0) is 13.1 Å². The van der Waals surface area contributed by atoms with Crippen molar-refractivity contribution in [2.75, 3.05) is 12.4 Å². The van der Waals surface area contributed by atoms with Gasteiger partial charge in [-0.3, -0.25) is 4.68 Å². The van der Waals surface area contributed by atoms with Crippen LogP contribution < -0.4 is 10.1 Å². The molecule has 0 saturated heterocycles. The molecule has 2 rings (SSSR count). The number of para-hydroxylation sites is 1. The quantitative estimate of drug-likeness (QED) is 0.898. The highest BCUT2D eigenvalue weighted by Gasteiger charge is 2.14. The number of rotatable bonds is 5. The number of anilines is 1. The van der Waals surface area contributed by atoms with Gasteiger partial charge in [0.15, 0.2) is 0 Å². The molecule has 2 aromatic rings. The van der Waals surface area contributed by atoms with Gasteiger partial charge in [0.1, 0.15) is 11.8 Å². The van der Waals surface area contributed by atoms with Gasteiger partial charge in [0.05, 0.1) is 40.8 Å². The van der Waals surface area contributed by atoms with Gasteiger partial charge in [-0.05, 0) is 41.9 Å². The van der Waals surface area contributed by atoms with Gasteiger partial charge in [-0.1, -0.05) is 6.07 Å². The maximum atomic E-state index is 9.22. The maximum absolute atomic E-state index is 9.22. The van der Waals surface area contributed by atoms with Gasteiger partial charge in [-0.2, -0.15) is 10.4 Å². The third-order valence-corrected chi connectivity index (χ3v) is 4.28. The lowest BCUT2D eigenvalue weighted by Crippen LogP contribution is -2.10. The number of nitrogens with one attached hydrogen (secondary N) is 1. The van der Waals surface area contributed by atoms with Gasteiger partial charge in [-0.25, -0.2) is 0 Å². The normalized spacial score (nSPS) is 10.2. The molecule has 6 heteroatoms. The molecular weight excluding hydrogens is 332 g/mol. The average molecular weight is 349 g/mol. The van der Waals surface area contributed by atoms with Crippen LogP contribution in [0.3, 0.4) is 0 Å². The molecule has 0 saturated carbocycles. The lowest BCUT2D eigenvalue weighted by atomic mass is 10.1. The van der Waals surface area contributed by atoms with Crippen molar-refractivity contribution >= 4 is 21.6 Å². The second-order valence-corrected chi connectivity index (χ2v) is 5.30. The van der Waals surface area contributed by atoms with Crippen LogP contribution in [0.5, 0.6) is 5.75 Å². The lowest BCUT2D eigenvalue weighted by molar-refractivity contribution is 0.416. The van der Waals surface area contributed by atoms with Crippen LogP contribution in [-0.4, -0.2) is 16.9 Å². The molecule has 1 heterocycles. The Morgan fingerprint density at radius 3 is 2.86 bits per heavy atom. The molecule has 0 amide bonds. The number of hydrogen-bond acceptors (Lipinski definition) is 4. The summed E-state index contributed by atoms with van der Waals surface area (Å²) in [7, 11) is 1.60. The fourth-order valence-corrected chi connectivity index (χ4v) is 2.61. The van der Waals surface area contributed by atoms with E-state index in [0.717, 1.165) is 22.4 Å². The Morgan fingerprint density at radius 2 is 2.24 bits per heavy atom. The van der Waals surface area contributed by atoms with Gasteiger partial charge < -0.3 is 10.1 Å². The molecule has 0 aliphatic heterocycles. The highest BCUT2D eigenvalue weighted by Crippen LogP contribution is 2.29. The van der Waals surface area contributed by atoms with E-state index in [-0.39, 0.29) is 0 Å². The molecule has 0 aliphatic carbocycles. The maximum Gasteiger partial charge on any atom is 0.143 e. The summed E-state index contributed by atoms with van der Waals surface area (Å²) in [6.07, 6.45) is 0. The van der Waals surface area contributed by atoms with E-state index in [1.54, 1.807) is 19.2 Å². The highest BCUT2D eigenvalue weighted by atomic mass is 79.9. The largest absolute Gasteiger partial charge is 0.495 e. The van der Waals surface area contributed by atoms with Crippen LogP contribution >= 0.6 is 15.9 Å². The molecule has 110 valence electrons. The van der Waals surface area contributed by atoms with E-state index in [0.29, 0.717) is 23.5 Å². The fraction of sp³-hybridized carbons (Fsp3) is 0.333. The summed E-state index contributed by atoms with van der Waals surface area (Å²) >= 11 is 3.57. The molecule has 1 aromatic heterocycles. The van der Waals surface area contributed by atoms with Crippen molar-refractivity contribution in [3.63, 3.8) is 0 Å². The average Bonchev–Trinajstić information content (AvgIpc) is 2.79. The first-order valence-corrected chi connectivity index (χ1v) is 7.44. The molecule has 1 N–H and O–H groups in total. The minimum atomic E-state index is 0.560. The number of aromatic nitrogens is 2.